The number of rotatable bonds is 9. The molecule has 0 radical (unpaired) electrons. The van der Waals surface area contributed by atoms with E-state index < -0.39 is 12.7 Å². The lowest BCUT2D eigenvalue weighted by molar-refractivity contribution is -0.121. The van der Waals surface area contributed by atoms with Crippen molar-refractivity contribution < 1.29 is 22.8 Å². The van der Waals surface area contributed by atoms with Gasteiger partial charge in [0.25, 0.3) is 0 Å². The lowest BCUT2D eigenvalue weighted by Crippen LogP contribution is -2.28. The van der Waals surface area contributed by atoms with E-state index in [-0.39, 0.29) is 24.5 Å². The van der Waals surface area contributed by atoms with E-state index in [1.165, 1.54) is 6.07 Å². The Balaban J connectivity index is 1.59. The molecule has 0 bridgehead atoms. The predicted octanol–water partition coefficient (Wildman–Crippen LogP) is 3.93. The van der Waals surface area contributed by atoms with Gasteiger partial charge in [0.05, 0.1) is 6.04 Å². The number of aryl methyl sites for hydroxylation is 1. The minimum Gasteiger partial charge on any atom is -0.434 e. The molecule has 1 atom stereocenters. The van der Waals surface area contributed by atoms with Gasteiger partial charge in [-0.25, -0.2) is 0 Å². The molecular weight excluding hydrogens is 382 g/mol. The van der Waals surface area contributed by atoms with Crippen molar-refractivity contribution in [3.63, 3.8) is 0 Å². The first kappa shape index (κ1) is 20.4. The molecule has 0 saturated heterocycles. The molecule has 29 heavy (non-hydrogen) atoms. The quantitative estimate of drug-likeness (QED) is 0.583. The summed E-state index contributed by atoms with van der Waals surface area (Å²) in [5.41, 5.74) is 1.27. The Labute approximate surface area is 166 Å². The predicted molar refractivity (Wildman–Crippen MR) is 100 cm³/mol. The van der Waals surface area contributed by atoms with Gasteiger partial charge in [0.2, 0.25) is 17.6 Å². The van der Waals surface area contributed by atoms with Crippen LogP contribution in [-0.4, -0.2) is 27.6 Å². The van der Waals surface area contributed by atoms with E-state index in [9.17, 15) is 13.6 Å². The molecular formula is C20H20F2N4O3. The number of alkyl halides is 2. The van der Waals surface area contributed by atoms with E-state index in [2.05, 4.69) is 25.2 Å². The zero-order valence-corrected chi connectivity index (χ0v) is 15.7. The van der Waals surface area contributed by atoms with Crippen LogP contribution in [0.5, 0.6) is 5.75 Å². The Kier molecular flexibility index (Phi) is 6.83. The first-order chi connectivity index (χ1) is 14.1. The minimum absolute atomic E-state index is 0.0496. The Bertz CT molecular complexity index is 934. The summed E-state index contributed by atoms with van der Waals surface area (Å²) in [4.78, 5) is 20.6. The number of hydrogen-bond acceptors (Lipinski definition) is 6. The Morgan fingerprint density at radius 1 is 1.21 bits per heavy atom. The fourth-order valence-electron chi connectivity index (χ4n) is 2.83. The van der Waals surface area contributed by atoms with Crippen LogP contribution in [0.4, 0.5) is 8.78 Å². The van der Waals surface area contributed by atoms with Crippen LogP contribution in [-0.2, 0) is 11.2 Å². The summed E-state index contributed by atoms with van der Waals surface area (Å²) >= 11 is 0. The molecule has 7 nitrogen and oxygen atoms in total. The van der Waals surface area contributed by atoms with Crippen LogP contribution < -0.4 is 10.1 Å². The summed E-state index contributed by atoms with van der Waals surface area (Å²) in [5, 5.41) is 6.74. The van der Waals surface area contributed by atoms with Crippen LogP contribution in [0.3, 0.4) is 0 Å². The van der Waals surface area contributed by atoms with Crippen molar-refractivity contribution in [1.82, 2.24) is 20.4 Å². The fourth-order valence-corrected chi connectivity index (χ4v) is 2.83. The van der Waals surface area contributed by atoms with E-state index >= 15 is 0 Å². The molecule has 0 aliphatic heterocycles. The third-order valence-corrected chi connectivity index (χ3v) is 4.23. The number of aromatic nitrogens is 3. The molecule has 9 heteroatoms. The van der Waals surface area contributed by atoms with Crippen LogP contribution in [0.25, 0.3) is 11.4 Å². The molecule has 1 aromatic carbocycles. The van der Waals surface area contributed by atoms with Gasteiger partial charge in [0, 0.05) is 36.4 Å². The second-order valence-electron chi connectivity index (χ2n) is 6.19. The Morgan fingerprint density at radius 2 is 1.97 bits per heavy atom. The van der Waals surface area contributed by atoms with Crippen LogP contribution in [0, 0.1) is 0 Å². The van der Waals surface area contributed by atoms with Crippen LogP contribution in [0.2, 0.25) is 0 Å². The number of amides is 1. The molecule has 0 aliphatic rings. The zero-order valence-electron chi connectivity index (χ0n) is 15.7. The maximum absolute atomic E-state index is 12.6. The van der Waals surface area contributed by atoms with Crippen LogP contribution >= 0.6 is 0 Å². The number of para-hydroxylation sites is 1. The van der Waals surface area contributed by atoms with Crippen LogP contribution in [0.1, 0.15) is 37.3 Å². The van der Waals surface area contributed by atoms with Gasteiger partial charge >= 0.3 is 6.61 Å². The second-order valence-corrected chi connectivity index (χ2v) is 6.19. The standard InChI is InChI=1S/C20H20F2N4O3/c1-2-15(14-5-3-4-6-16(14)28-20(21)22)24-17(27)7-8-18-25-19(26-29-18)13-9-11-23-12-10-13/h3-6,9-12,15,20H,2,7-8H2,1H3,(H,24,27). The highest BCUT2D eigenvalue weighted by Gasteiger charge is 2.19. The van der Waals surface area contributed by atoms with E-state index in [1.54, 1.807) is 42.7 Å². The SMILES string of the molecule is CCC(NC(=O)CCc1nc(-c2ccncc2)no1)c1ccccc1OC(F)F. The van der Waals surface area contributed by atoms with Crippen molar-refractivity contribution in [2.24, 2.45) is 0 Å². The van der Waals surface area contributed by atoms with E-state index in [1.807, 2.05) is 6.92 Å². The second kappa shape index (κ2) is 9.72. The van der Waals surface area contributed by atoms with Gasteiger partial charge in [-0.1, -0.05) is 30.3 Å². The molecule has 1 amide bonds. The summed E-state index contributed by atoms with van der Waals surface area (Å²) in [6.45, 7) is -1.08. The van der Waals surface area contributed by atoms with Crippen molar-refractivity contribution in [2.45, 2.75) is 38.8 Å². The molecule has 0 saturated carbocycles. The number of halogens is 2. The van der Waals surface area contributed by atoms with Gasteiger partial charge in [-0.05, 0) is 24.6 Å². The molecule has 3 aromatic rings. The molecule has 3 rings (SSSR count). The first-order valence-electron chi connectivity index (χ1n) is 9.13. The first-order valence-corrected chi connectivity index (χ1v) is 9.13. The van der Waals surface area contributed by atoms with Gasteiger partial charge in [-0.15, -0.1) is 0 Å². The third-order valence-electron chi connectivity index (χ3n) is 4.23. The molecule has 2 aromatic heterocycles. The summed E-state index contributed by atoms with van der Waals surface area (Å²) in [5.74, 6) is 0.551. The summed E-state index contributed by atoms with van der Waals surface area (Å²) in [6, 6.07) is 9.49. The molecule has 2 heterocycles. The van der Waals surface area contributed by atoms with E-state index in [0.717, 1.165) is 5.56 Å². The number of benzene rings is 1. The summed E-state index contributed by atoms with van der Waals surface area (Å²) in [6.07, 6.45) is 4.14. The van der Waals surface area contributed by atoms with Gasteiger partial charge in [-0.2, -0.15) is 13.8 Å². The highest BCUT2D eigenvalue weighted by molar-refractivity contribution is 5.76. The van der Waals surface area contributed by atoms with Crippen molar-refractivity contribution in [2.75, 3.05) is 0 Å². The monoisotopic (exact) mass is 402 g/mol. The minimum atomic E-state index is -2.93. The molecule has 1 unspecified atom stereocenters. The number of hydrogen-bond donors (Lipinski definition) is 1. The fraction of sp³-hybridized carbons (Fsp3) is 0.300. The maximum Gasteiger partial charge on any atom is 0.387 e. The van der Waals surface area contributed by atoms with Crippen molar-refractivity contribution >= 4 is 5.91 Å². The number of nitrogens with zero attached hydrogens (tertiary/aromatic N) is 3. The topological polar surface area (TPSA) is 90.1 Å². The number of nitrogens with one attached hydrogen (secondary N) is 1. The smallest absolute Gasteiger partial charge is 0.387 e. The summed E-state index contributed by atoms with van der Waals surface area (Å²) < 4.78 is 35.0. The molecule has 0 fully saturated rings. The highest BCUT2D eigenvalue weighted by atomic mass is 19.3. The maximum atomic E-state index is 12.6. The Morgan fingerprint density at radius 3 is 2.69 bits per heavy atom. The molecule has 152 valence electrons. The summed E-state index contributed by atoms with van der Waals surface area (Å²) in [7, 11) is 0. The third kappa shape index (κ3) is 5.56. The van der Waals surface area contributed by atoms with Crippen molar-refractivity contribution in [1.29, 1.82) is 0 Å². The van der Waals surface area contributed by atoms with Crippen molar-refractivity contribution in [3.8, 4) is 17.1 Å². The number of pyridine rings is 1. The van der Waals surface area contributed by atoms with Gasteiger partial charge in [-0.3, -0.25) is 9.78 Å². The average Bonchev–Trinajstić information content (AvgIpc) is 3.20. The zero-order chi connectivity index (χ0) is 20.6. The lowest BCUT2D eigenvalue weighted by Gasteiger charge is -2.20. The van der Waals surface area contributed by atoms with Gasteiger partial charge in [0.15, 0.2) is 0 Å². The average molecular weight is 402 g/mol. The van der Waals surface area contributed by atoms with Gasteiger partial charge < -0.3 is 14.6 Å². The molecule has 0 aliphatic carbocycles. The largest absolute Gasteiger partial charge is 0.434 e. The van der Waals surface area contributed by atoms with E-state index in [4.69, 9.17) is 4.52 Å². The molecule has 1 N–H and O–H groups in total. The normalized spacial score (nSPS) is 12.0. The Hall–Kier alpha value is -3.36. The number of carbonyl (C=O) groups is 1. The number of carbonyl (C=O) groups excluding carboxylic acids is 1. The van der Waals surface area contributed by atoms with Crippen molar-refractivity contribution in [3.05, 3.63) is 60.2 Å². The van der Waals surface area contributed by atoms with Gasteiger partial charge in [0.1, 0.15) is 5.75 Å². The van der Waals surface area contributed by atoms with E-state index in [0.29, 0.717) is 23.7 Å². The highest BCUT2D eigenvalue weighted by Crippen LogP contribution is 2.28. The van der Waals surface area contributed by atoms with Crippen LogP contribution in [0.15, 0.2) is 53.3 Å². The molecule has 0 spiro atoms. The number of ether oxygens (including phenoxy) is 1. The lowest BCUT2D eigenvalue weighted by atomic mass is 10.0.